The number of hydrogen-bond donors (Lipinski definition) is 1. The van der Waals surface area contributed by atoms with E-state index < -0.39 is 0 Å². The summed E-state index contributed by atoms with van der Waals surface area (Å²) >= 11 is 0. The molecule has 0 saturated carbocycles. The van der Waals surface area contributed by atoms with E-state index in [1.54, 1.807) is 6.20 Å². The van der Waals surface area contributed by atoms with Crippen LogP contribution >= 0.6 is 0 Å². The third kappa shape index (κ3) is 3.56. The molecule has 27 heavy (non-hydrogen) atoms. The topological polar surface area (TPSA) is 45.2 Å². The normalized spacial score (nSPS) is 13.2. The van der Waals surface area contributed by atoms with E-state index in [9.17, 15) is 4.79 Å². The van der Waals surface area contributed by atoms with Crippen LogP contribution in [0.1, 0.15) is 32.7 Å². The molecule has 0 radical (unpaired) electrons. The molecule has 1 N–H and O–H groups in total. The molecular formula is C23H23N3O. The van der Waals surface area contributed by atoms with Gasteiger partial charge in [0.1, 0.15) is 5.69 Å². The van der Waals surface area contributed by atoms with E-state index in [0.29, 0.717) is 5.69 Å². The largest absolute Gasteiger partial charge is 0.367 e. The highest BCUT2D eigenvalue weighted by Gasteiger charge is 2.18. The van der Waals surface area contributed by atoms with Gasteiger partial charge in [-0.3, -0.25) is 9.78 Å². The number of anilines is 2. The Hall–Kier alpha value is -3.14. The van der Waals surface area contributed by atoms with Crippen molar-refractivity contribution in [3.05, 3.63) is 88.7 Å². The molecule has 4 nitrogen and oxygen atoms in total. The minimum atomic E-state index is -0.174. The number of carbonyl (C=O) groups excluding carboxylic acids is 1. The summed E-state index contributed by atoms with van der Waals surface area (Å²) < 4.78 is 0. The molecule has 0 aliphatic carbocycles. The Morgan fingerprint density at radius 3 is 2.52 bits per heavy atom. The van der Waals surface area contributed by atoms with Crippen molar-refractivity contribution in [2.24, 2.45) is 0 Å². The lowest BCUT2D eigenvalue weighted by Gasteiger charge is -2.30. The van der Waals surface area contributed by atoms with Crippen LogP contribution in [-0.2, 0) is 13.0 Å². The first-order valence-corrected chi connectivity index (χ1v) is 9.27. The zero-order valence-electron chi connectivity index (χ0n) is 15.7. The first-order chi connectivity index (χ1) is 13.1. The minimum Gasteiger partial charge on any atom is -0.367 e. The van der Waals surface area contributed by atoms with Crippen LogP contribution in [0.2, 0.25) is 0 Å². The van der Waals surface area contributed by atoms with Gasteiger partial charge >= 0.3 is 0 Å². The zero-order valence-corrected chi connectivity index (χ0v) is 15.7. The summed E-state index contributed by atoms with van der Waals surface area (Å²) in [5, 5.41) is 3.02. The number of nitrogens with one attached hydrogen (secondary N) is 1. The molecule has 1 aliphatic heterocycles. The van der Waals surface area contributed by atoms with Gasteiger partial charge in [-0.15, -0.1) is 0 Å². The van der Waals surface area contributed by atoms with Gasteiger partial charge < -0.3 is 10.2 Å². The standard InChI is InChI=1S/C23H23N3O/c1-16-6-5-7-17(2)22(16)25-23(27)21-14-20(10-12-24-21)26-13-11-18-8-3-4-9-19(18)15-26/h3-10,12,14H,11,13,15H2,1-2H3,(H,25,27). The highest BCUT2D eigenvalue weighted by molar-refractivity contribution is 6.04. The molecule has 2 heterocycles. The summed E-state index contributed by atoms with van der Waals surface area (Å²) in [6, 6.07) is 18.4. The molecule has 0 spiro atoms. The summed E-state index contributed by atoms with van der Waals surface area (Å²) in [4.78, 5) is 19.4. The Morgan fingerprint density at radius 2 is 1.74 bits per heavy atom. The quantitative estimate of drug-likeness (QED) is 0.750. The number of benzene rings is 2. The molecule has 1 aliphatic rings. The minimum absolute atomic E-state index is 0.174. The van der Waals surface area contributed by atoms with Gasteiger partial charge in [0.25, 0.3) is 5.91 Å². The van der Waals surface area contributed by atoms with Crippen molar-refractivity contribution in [3.63, 3.8) is 0 Å². The summed E-state index contributed by atoms with van der Waals surface area (Å²) in [5.74, 6) is -0.174. The maximum atomic E-state index is 12.8. The number of fused-ring (bicyclic) bond motifs is 1. The van der Waals surface area contributed by atoms with Crippen molar-refractivity contribution in [1.82, 2.24) is 4.98 Å². The number of para-hydroxylation sites is 1. The molecule has 136 valence electrons. The van der Waals surface area contributed by atoms with Gasteiger partial charge in [-0.25, -0.2) is 0 Å². The molecule has 3 aromatic rings. The molecule has 0 unspecified atom stereocenters. The first-order valence-electron chi connectivity index (χ1n) is 9.27. The average molecular weight is 357 g/mol. The molecular weight excluding hydrogens is 334 g/mol. The molecule has 0 atom stereocenters. The Bertz CT molecular complexity index is 976. The summed E-state index contributed by atoms with van der Waals surface area (Å²) in [6.07, 6.45) is 2.73. The van der Waals surface area contributed by atoms with Crippen molar-refractivity contribution in [1.29, 1.82) is 0 Å². The lowest BCUT2D eigenvalue weighted by atomic mass is 9.99. The van der Waals surface area contributed by atoms with Crippen molar-refractivity contribution in [3.8, 4) is 0 Å². The summed E-state index contributed by atoms with van der Waals surface area (Å²) in [6.45, 7) is 5.80. The van der Waals surface area contributed by atoms with Crippen molar-refractivity contribution in [2.45, 2.75) is 26.8 Å². The predicted molar refractivity (Wildman–Crippen MR) is 109 cm³/mol. The lowest BCUT2D eigenvalue weighted by molar-refractivity contribution is 0.102. The molecule has 0 saturated heterocycles. The zero-order chi connectivity index (χ0) is 18.8. The van der Waals surface area contributed by atoms with E-state index in [4.69, 9.17) is 0 Å². The van der Waals surface area contributed by atoms with E-state index in [0.717, 1.165) is 42.0 Å². The Balaban J connectivity index is 1.55. The van der Waals surface area contributed by atoms with E-state index in [-0.39, 0.29) is 5.91 Å². The van der Waals surface area contributed by atoms with Crippen molar-refractivity contribution >= 4 is 17.3 Å². The van der Waals surface area contributed by atoms with Crippen LogP contribution in [0.5, 0.6) is 0 Å². The van der Waals surface area contributed by atoms with Crippen molar-refractivity contribution < 1.29 is 4.79 Å². The summed E-state index contributed by atoms with van der Waals surface area (Å²) in [7, 11) is 0. The average Bonchev–Trinajstić information content (AvgIpc) is 2.70. The van der Waals surface area contributed by atoms with E-state index in [1.165, 1.54) is 11.1 Å². The number of amides is 1. The monoisotopic (exact) mass is 357 g/mol. The van der Waals surface area contributed by atoms with Gasteiger partial charge in [-0.1, -0.05) is 42.5 Å². The second kappa shape index (κ2) is 7.23. The number of nitrogens with zero attached hydrogens (tertiary/aromatic N) is 2. The van der Waals surface area contributed by atoms with E-state index >= 15 is 0 Å². The van der Waals surface area contributed by atoms with Gasteiger partial charge in [-0.05, 0) is 54.7 Å². The van der Waals surface area contributed by atoms with Gasteiger partial charge in [0.15, 0.2) is 0 Å². The highest BCUT2D eigenvalue weighted by atomic mass is 16.1. The maximum Gasteiger partial charge on any atom is 0.274 e. The third-order valence-corrected chi connectivity index (χ3v) is 5.19. The van der Waals surface area contributed by atoms with Gasteiger partial charge in [-0.2, -0.15) is 0 Å². The van der Waals surface area contributed by atoms with E-state index in [1.807, 2.05) is 44.2 Å². The van der Waals surface area contributed by atoms with Crippen molar-refractivity contribution in [2.75, 3.05) is 16.8 Å². The van der Waals surface area contributed by atoms with Crippen LogP contribution in [0.3, 0.4) is 0 Å². The molecule has 2 aromatic carbocycles. The van der Waals surface area contributed by atoms with Crippen LogP contribution < -0.4 is 10.2 Å². The molecule has 0 fully saturated rings. The van der Waals surface area contributed by atoms with Crippen LogP contribution in [0, 0.1) is 13.8 Å². The number of pyridine rings is 1. The lowest BCUT2D eigenvalue weighted by Crippen LogP contribution is -2.30. The smallest absolute Gasteiger partial charge is 0.274 e. The van der Waals surface area contributed by atoms with Crippen LogP contribution in [-0.4, -0.2) is 17.4 Å². The fourth-order valence-electron chi connectivity index (χ4n) is 3.65. The first kappa shape index (κ1) is 17.3. The number of rotatable bonds is 3. The maximum absolute atomic E-state index is 12.8. The highest BCUT2D eigenvalue weighted by Crippen LogP contribution is 2.25. The Morgan fingerprint density at radius 1 is 1.00 bits per heavy atom. The van der Waals surface area contributed by atoms with Crippen LogP contribution in [0.25, 0.3) is 0 Å². The fraction of sp³-hybridized carbons (Fsp3) is 0.217. The number of carbonyl (C=O) groups is 1. The molecule has 4 heteroatoms. The van der Waals surface area contributed by atoms with E-state index in [2.05, 4.69) is 39.5 Å². The fourth-order valence-corrected chi connectivity index (χ4v) is 3.65. The van der Waals surface area contributed by atoms with Crippen LogP contribution in [0.4, 0.5) is 11.4 Å². The molecule has 1 aromatic heterocycles. The second-order valence-corrected chi connectivity index (χ2v) is 7.06. The Labute approximate surface area is 159 Å². The number of aromatic nitrogens is 1. The van der Waals surface area contributed by atoms with Crippen LogP contribution in [0.15, 0.2) is 60.8 Å². The number of hydrogen-bond acceptors (Lipinski definition) is 3. The molecule has 0 bridgehead atoms. The summed E-state index contributed by atoms with van der Waals surface area (Å²) in [5.41, 5.74) is 7.19. The van der Waals surface area contributed by atoms with Gasteiger partial charge in [0.2, 0.25) is 0 Å². The predicted octanol–water partition coefficient (Wildman–Crippen LogP) is 4.51. The molecule has 4 rings (SSSR count). The third-order valence-electron chi connectivity index (χ3n) is 5.19. The number of aryl methyl sites for hydroxylation is 2. The second-order valence-electron chi connectivity index (χ2n) is 7.06. The van der Waals surface area contributed by atoms with Gasteiger partial charge in [0.05, 0.1) is 0 Å². The SMILES string of the molecule is Cc1cccc(C)c1NC(=O)c1cc(N2CCc3ccccc3C2)ccn1. The Kier molecular flexibility index (Phi) is 4.63. The van der Waals surface area contributed by atoms with Gasteiger partial charge in [0, 0.05) is 30.7 Å². The molecule has 1 amide bonds.